The standard InChI is InChI=1S/C31H35NO9/c1-22(34)41-29(28(36)15-14-26(35)13-8-17-39-18-16-33)27(20-24-11-6-3-7-12-24)30(37)32-25(21-40-31(32)38)19-23-9-4-2-5-10-23/h2-7,9-12,14-15,25,27,29,33H,8,13,16-21H2,1H3. The van der Waals surface area contributed by atoms with Gasteiger partial charge in [-0.3, -0.25) is 19.2 Å². The molecule has 2 aromatic rings. The summed E-state index contributed by atoms with van der Waals surface area (Å²) < 4.78 is 15.7. The van der Waals surface area contributed by atoms with Gasteiger partial charge in [-0.05, 0) is 42.5 Å². The Labute approximate surface area is 238 Å². The number of aliphatic hydroxyl groups is 1. The van der Waals surface area contributed by atoms with Crippen molar-refractivity contribution in [2.75, 3.05) is 26.4 Å². The first kappa shape index (κ1) is 31.4. The van der Waals surface area contributed by atoms with Gasteiger partial charge in [-0.2, -0.15) is 0 Å². The Kier molecular flexibility index (Phi) is 12.4. The number of cyclic esters (lactones) is 1. The van der Waals surface area contributed by atoms with Gasteiger partial charge >= 0.3 is 12.1 Å². The molecule has 2 amide bonds. The number of rotatable bonds is 16. The number of esters is 1. The number of nitrogens with zero attached hydrogens (tertiary/aromatic N) is 1. The van der Waals surface area contributed by atoms with Crippen LogP contribution in [0.15, 0.2) is 72.8 Å². The summed E-state index contributed by atoms with van der Waals surface area (Å²) in [7, 11) is 0. The van der Waals surface area contributed by atoms with Gasteiger partial charge in [0.2, 0.25) is 5.91 Å². The molecule has 1 fully saturated rings. The lowest BCUT2D eigenvalue weighted by atomic mass is 9.89. The second-order valence-corrected chi connectivity index (χ2v) is 9.60. The second-order valence-electron chi connectivity index (χ2n) is 9.60. The molecule has 218 valence electrons. The van der Waals surface area contributed by atoms with Gasteiger partial charge < -0.3 is 19.3 Å². The van der Waals surface area contributed by atoms with Gasteiger partial charge in [0.1, 0.15) is 6.61 Å². The SMILES string of the molecule is CC(=O)OC(C(=O)C=CC(=O)CCCOCCO)C(Cc1ccccc1)C(=O)N1C(=O)OCC1Cc1ccccc1. The third kappa shape index (κ3) is 9.77. The molecule has 0 aromatic heterocycles. The van der Waals surface area contributed by atoms with Crippen LogP contribution in [0.5, 0.6) is 0 Å². The highest BCUT2D eigenvalue weighted by atomic mass is 16.6. The summed E-state index contributed by atoms with van der Waals surface area (Å²) in [5.41, 5.74) is 1.58. The van der Waals surface area contributed by atoms with E-state index < -0.39 is 41.8 Å². The minimum absolute atomic E-state index is 0.00478. The van der Waals surface area contributed by atoms with E-state index in [2.05, 4.69) is 0 Å². The van der Waals surface area contributed by atoms with Gasteiger partial charge in [0, 0.05) is 20.0 Å². The molecule has 1 N–H and O–H groups in total. The first-order valence-electron chi connectivity index (χ1n) is 13.5. The predicted molar refractivity (Wildman–Crippen MR) is 148 cm³/mol. The molecular weight excluding hydrogens is 530 g/mol. The fourth-order valence-corrected chi connectivity index (χ4v) is 4.52. The number of amides is 2. The summed E-state index contributed by atoms with van der Waals surface area (Å²) in [6.07, 6.45) is 0.491. The Hall–Kier alpha value is -4.15. The lowest BCUT2D eigenvalue weighted by Crippen LogP contribution is -2.49. The number of imide groups is 1. The van der Waals surface area contributed by atoms with Crippen LogP contribution in [-0.2, 0) is 46.2 Å². The van der Waals surface area contributed by atoms with Crippen LogP contribution in [0.1, 0.15) is 30.9 Å². The second kappa shape index (κ2) is 16.2. The maximum Gasteiger partial charge on any atom is 0.416 e. The molecule has 3 unspecified atom stereocenters. The van der Waals surface area contributed by atoms with Gasteiger partial charge in [0.05, 0.1) is 25.2 Å². The third-order valence-electron chi connectivity index (χ3n) is 6.45. The molecule has 1 saturated heterocycles. The smallest absolute Gasteiger partial charge is 0.416 e. The van der Waals surface area contributed by atoms with Crippen LogP contribution >= 0.6 is 0 Å². The summed E-state index contributed by atoms with van der Waals surface area (Å²) in [4.78, 5) is 65.5. The monoisotopic (exact) mass is 565 g/mol. The highest BCUT2D eigenvalue weighted by molar-refractivity contribution is 6.04. The van der Waals surface area contributed by atoms with Crippen LogP contribution in [0.2, 0.25) is 0 Å². The van der Waals surface area contributed by atoms with Crippen molar-refractivity contribution in [2.45, 2.75) is 44.8 Å². The minimum Gasteiger partial charge on any atom is -0.453 e. The summed E-state index contributed by atoms with van der Waals surface area (Å²) in [5, 5.41) is 8.75. The maximum atomic E-state index is 14.0. The normalized spacial score (nSPS) is 16.3. The molecule has 2 aromatic carbocycles. The van der Waals surface area contributed by atoms with Crippen molar-refractivity contribution in [1.82, 2.24) is 4.90 Å². The van der Waals surface area contributed by atoms with Gasteiger partial charge in [-0.25, -0.2) is 9.69 Å². The van der Waals surface area contributed by atoms with Crippen molar-refractivity contribution >= 4 is 29.5 Å². The molecule has 3 rings (SSSR count). The van der Waals surface area contributed by atoms with E-state index in [0.717, 1.165) is 29.5 Å². The molecule has 0 saturated carbocycles. The van der Waals surface area contributed by atoms with Crippen LogP contribution in [0.4, 0.5) is 4.79 Å². The molecule has 1 aliphatic rings. The summed E-state index contributed by atoms with van der Waals surface area (Å²) in [6, 6.07) is 17.5. The number of allylic oxidation sites excluding steroid dienone is 1. The van der Waals surface area contributed by atoms with Crippen LogP contribution in [0.25, 0.3) is 0 Å². The molecule has 3 atom stereocenters. The highest BCUT2D eigenvalue weighted by Crippen LogP contribution is 2.26. The molecule has 10 heteroatoms. The van der Waals surface area contributed by atoms with E-state index in [0.29, 0.717) is 18.4 Å². The van der Waals surface area contributed by atoms with Gasteiger partial charge in [0.25, 0.3) is 0 Å². The Morgan fingerprint density at radius 3 is 2.29 bits per heavy atom. The average molecular weight is 566 g/mol. The fourth-order valence-electron chi connectivity index (χ4n) is 4.52. The zero-order valence-corrected chi connectivity index (χ0v) is 23.0. The zero-order chi connectivity index (χ0) is 29.6. The Bertz CT molecular complexity index is 1210. The maximum absolute atomic E-state index is 14.0. The van der Waals surface area contributed by atoms with Crippen molar-refractivity contribution in [2.24, 2.45) is 5.92 Å². The first-order valence-corrected chi connectivity index (χ1v) is 13.5. The zero-order valence-electron chi connectivity index (χ0n) is 23.0. The summed E-state index contributed by atoms with van der Waals surface area (Å²) in [5.74, 6) is -3.88. The van der Waals surface area contributed by atoms with Gasteiger partial charge in [-0.15, -0.1) is 0 Å². The van der Waals surface area contributed by atoms with E-state index in [1.54, 1.807) is 30.3 Å². The quantitative estimate of drug-likeness (QED) is 0.185. The van der Waals surface area contributed by atoms with Crippen LogP contribution < -0.4 is 0 Å². The Morgan fingerprint density at radius 2 is 1.66 bits per heavy atom. The number of hydrogen-bond acceptors (Lipinski definition) is 9. The Balaban J connectivity index is 1.85. The first-order chi connectivity index (χ1) is 19.8. The molecule has 0 spiro atoms. The summed E-state index contributed by atoms with van der Waals surface area (Å²) in [6.45, 7) is 1.42. The topological polar surface area (TPSA) is 137 Å². The van der Waals surface area contributed by atoms with E-state index in [1.807, 2.05) is 30.3 Å². The highest BCUT2D eigenvalue weighted by Gasteiger charge is 2.45. The van der Waals surface area contributed by atoms with E-state index in [9.17, 15) is 24.0 Å². The average Bonchev–Trinajstić information content (AvgIpc) is 3.33. The molecule has 0 aliphatic carbocycles. The minimum atomic E-state index is -1.58. The number of carbonyl (C=O) groups is 5. The van der Waals surface area contributed by atoms with Crippen LogP contribution in [0, 0.1) is 5.92 Å². The fraction of sp³-hybridized carbons (Fsp3) is 0.387. The van der Waals surface area contributed by atoms with E-state index in [-0.39, 0.29) is 45.1 Å². The van der Waals surface area contributed by atoms with E-state index in [1.165, 1.54) is 0 Å². The third-order valence-corrected chi connectivity index (χ3v) is 6.45. The van der Waals surface area contributed by atoms with Crippen LogP contribution in [-0.4, -0.2) is 78.1 Å². The molecule has 0 bridgehead atoms. The number of benzene rings is 2. The number of ketones is 2. The van der Waals surface area contributed by atoms with Crippen molar-refractivity contribution in [3.8, 4) is 0 Å². The van der Waals surface area contributed by atoms with Crippen LogP contribution in [0.3, 0.4) is 0 Å². The van der Waals surface area contributed by atoms with Crippen molar-refractivity contribution in [3.63, 3.8) is 0 Å². The lowest BCUT2D eigenvalue weighted by Gasteiger charge is -2.29. The molecular formula is C31H35NO9. The van der Waals surface area contributed by atoms with Crippen molar-refractivity contribution in [3.05, 3.63) is 83.9 Å². The van der Waals surface area contributed by atoms with E-state index in [4.69, 9.17) is 19.3 Å². The molecule has 1 heterocycles. The van der Waals surface area contributed by atoms with Crippen molar-refractivity contribution < 1.29 is 43.3 Å². The van der Waals surface area contributed by atoms with Crippen molar-refractivity contribution in [1.29, 1.82) is 0 Å². The largest absolute Gasteiger partial charge is 0.453 e. The number of hydrogen-bond donors (Lipinski definition) is 1. The number of aliphatic hydroxyl groups excluding tert-OH is 1. The molecule has 41 heavy (non-hydrogen) atoms. The predicted octanol–water partition coefficient (Wildman–Crippen LogP) is 2.85. The van der Waals surface area contributed by atoms with Gasteiger partial charge in [-0.1, -0.05) is 60.7 Å². The number of carbonyl (C=O) groups excluding carboxylic acids is 5. The molecule has 1 aliphatic heterocycles. The van der Waals surface area contributed by atoms with E-state index >= 15 is 0 Å². The number of ether oxygens (including phenoxy) is 3. The van der Waals surface area contributed by atoms with Gasteiger partial charge in [0.15, 0.2) is 17.7 Å². The molecule has 0 radical (unpaired) electrons. The lowest BCUT2D eigenvalue weighted by molar-refractivity contribution is -0.158. The molecule has 10 nitrogen and oxygen atoms in total. The Morgan fingerprint density at radius 1 is 1.00 bits per heavy atom. The summed E-state index contributed by atoms with van der Waals surface area (Å²) >= 11 is 0.